The molecule has 102 valence electrons. The lowest BCUT2D eigenvalue weighted by atomic mass is 9.95. The zero-order valence-corrected chi connectivity index (χ0v) is 11.0. The topological polar surface area (TPSA) is 133 Å². The van der Waals surface area contributed by atoms with Crippen LogP contribution in [0.1, 0.15) is 17.5 Å². The van der Waals surface area contributed by atoms with Crippen molar-refractivity contribution in [3.05, 3.63) is 35.4 Å². The second kappa shape index (κ2) is 4.23. The second-order valence-corrected chi connectivity index (χ2v) is 6.72. The average Bonchev–Trinajstić information content (AvgIpc) is 2.26. The Hall–Kier alpha value is -1.55. The Kier molecular flexibility index (Phi) is 3.09. The summed E-state index contributed by atoms with van der Waals surface area (Å²) in [7, 11) is -9.03. The summed E-state index contributed by atoms with van der Waals surface area (Å²) in [5, 5.41) is 7.66. The van der Waals surface area contributed by atoms with Crippen LogP contribution < -0.4 is 0 Å². The molecule has 0 radical (unpaired) electrons. The Bertz CT molecular complexity index is 804. The third-order valence-corrected chi connectivity index (χ3v) is 4.44. The van der Waals surface area contributed by atoms with E-state index in [-0.39, 0.29) is 23.3 Å². The Morgan fingerprint density at radius 1 is 1.00 bits per heavy atom. The summed E-state index contributed by atoms with van der Waals surface area (Å²) in [4.78, 5) is -0.973. The molecule has 0 bridgehead atoms. The van der Waals surface area contributed by atoms with Crippen molar-refractivity contribution in [1.82, 2.24) is 0 Å². The van der Waals surface area contributed by atoms with E-state index in [9.17, 15) is 16.8 Å². The largest absolute Gasteiger partial charge is 0.304 e. The van der Waals surface area contributed by atoms with Crippen molar-refractivity contribution in [2.75, 3.05) is 0 Å². The summed E-state index contributed by atoms with van der Waals surface area (Å²) >= 11 is 0. The van der Waals surface area contributed by atoms with Gasteiger partial charge in [-0.1, -0.05) is 12.1 Å². The smallest absolute Gasteiger partial charge is 0.294 e. The molecule has 3 N–H and O–H groups in total. The highest BCUT2D eigenvalue weighted by atomic mass is 32.2. The van der Waals surface area contributed by atoms with E-state index in [2.05, 4.69) is 0 Å². The monoisotopic (exact) mass is 303 g/mol. The molecular weight excluding hydrogens is 294 g/mol. The molecule has 9 heteroatoms. The second-order valence-electron chi connectivity index (χ2n) is 3.91. The first-order chi connectivity index (χ1) is 8.60. The normalized spacial score (nSPS) is 15.9. The van der Waals surface area contributed by atoms with Crippen LogP contribution in [0.4, 0.5) is 0 Å². The molecule has 1 aliphatic carbocycles. The van der Waals surface area contributed by atoms with E-state index in [1.807, 2.05) is 0 Å². The van der Waals surface area contributed by atoms with Crippen LogP contribution in [0.15, 0.2) is 29.2 Å². The van der Waals surface area contributed by atoms with Gasteiger partial charge in [-0.3, -0.25) is 9.11 Å². The van der Waals surface area contributed by atoms with E-state index in [0.29, 0.717) is 0 Å². The van der Waals surface area contributed by atoms with E-state index in [4.69, 9.17) is 14.5 Å². The molecule has 1 aliphatic rings. The molecule has 19 heavy (non-hydrogen) atoms. The summed E-state index contributed by atoms with van der Waals surface area (Å²) in [5.41, 5.74) is 0.167. The number of allylic oxidation sites excluding steroid dienone is 1. The third-order valence-electron chi connectivity index (χ3n) is 2.65. The Labute approximate surface area is 109 Å². The van der Waals surface area contributed by atoms with Crippen LogP contribution in [0.25, 0.3) is 4.91 Å². The fourth-order valence-corrected chi connectivity index (χ4v) is 3.06. The van der Waals surface area contributed by atoms with E-state index < -0.39 is 30.0 Å². The van der Waals surface area contributed by atoms with Gasteiger partial charge in [0.2, 0.25) is 0 Å². The summed E-state index contributed by atoms with van der Waals surface area (Å²) in [6.07, 6.45) is 1.13. The van der Waals surface area contributed by atoms with Crippen molar-refractivity contribution in [2.45, 2.75) is 11.3 Å². The number of rotatable bonds is 2. The van der Waals surface area contributed by atoms with Crippen LogP contribution in [-0.2, 0) is 20.2 Å². The van der Waals surface area contributed by atoms with E-state index in [1.54, 1.807) is 0 Å². The predicted molar refractivity (Wildman–Crippen MR) is 67.2 cm³/mol. The van der Waals surface area contributed by atoms with Crippen molar-refractivity contribution >= 4 is 30.9 Å². The number of nitrogens with one attached hydrogen (secondary N) is 1. The molecule has 0 amide bonds. The fourth-order valence-electron chi connectivity index (χ4n) is 1.81. The minimum absolute atomic E-state index is 0.00729. The molecule has 0 heterocycles. The summed E-state index contributed by atoms with van der Waals surface area (Å²) in [6, 6.07) is 3.20. The van der Waals surface area contributed by atoms with Gasteiger partial charge in [0.25, 0.3) is 20.2 Å². The molecule has 0 spiro atoms. The SMILES string of the molecule is N=C1CC=C(S(=O)(=O)O)c2cc(S(=O)(=O)O)ccc21. The lowest BCUT2D eigenvalue weighted by Crippen LogP contribution is -2.14. The molecule has 2 rings (SSSR count). The highest BCUT2D eigenvalue weighted by Crippen LogP contribution is 2.31. The molecule has 0 unspecified atom stereocenters. The van der Waals surface area contributed by atoms with Crippen molar-refractivity contribution < 1.29 is 25.9 Å². The van der Waals surface area contributed by atoms with E-state index in [0.717, 1.165) is 18.2 Å². The first-order valence-electron chi connectivity index (χ1n) is 4.98. The van der Waals surface area contributed by atoms with Gasteiger partial charge in [-0.05, 0) is 12.1 Å². The molecular formula is C10H9NO6S2. The van der Waals surface area contributed by atoms with Gasteiger partial charge in [-0.25, -0.2) is 0 Å². The summed E-state index contributed by atoms with van der Waals surface area (Å²) in [5.74, 6) is 0. The Morgan fingerprint density at radius 2 is 1.63 bits per heavy atom. The number of fused-ring (bicyclic) bond motifs is 1. The highest BCUT2D eigenvalue weighted by Gasteiger charge is 2.26. The van der Waals surface area contributed by atoms with Gasteiger partial charge in [0.1, 0.15) is 0 Å². The number of hydrogen-bond donors (Lipinski definition) is 3. The lowest BCUT2D eigenvalue weighted by Gasteiger charge is -2.17. The molecule has 1 aromatic rings. The quantitative estimate of drug-likeness (QED) is 0.696. The lowest BCUT2D eigenvalue weighted by molar-refractivity contribution is 0.482. The zero-order valence-electron chi connectivity index (χ0n) is 9.36. The van der Waals surface area contributed by atoms with Crippen molar-refractivity contribution in [2.24, 2.45) is 0 Å². The van der Waals surface area contributed by atoms with Gasteiger partial charge in [0.15, 0.2) is 0 Å². The minimum Gasteiger partial charge on any atom is -0.304 e. The van der Waals surface area contributed by atoms with Gasteiger partial charge in [-0.15, -0.1) is 0 Å². The molecule has 1 aromatic carbocycles. The maximum atomic E-state index is 11.2. The minimum atomic E-state index is -4.54. The fraction of sp³-hybridized carbons (Fsp3) is 0.100. The maximum absolute atomic E-state index is 11.2. The third kappa shape index (κ3) is 2.59. The van der Waals surface area contributed by atoms with Crippen LogP contribution in [0.5, 0.6) is 0 Å². The highest BCUT2D eigenvalue weighted by molar-refractivity contribution is 7.95. The Morgan fingerprint density at radius 3 is 2.16 bits per heavy atom. The first-order valence-corrected chi connectivity index (χ1v) is 7.86. The number of benzene rings is 1. The summed E-state index contributed by atoms with van der Waals surface area (Å²) in [6.45, 7) is 0. The van der Waals surface area contributed by atoms with Crippen LogP contribution in [-0.4, -0.2) is 31.7 Å². The van der Waals surface area contributed by atoms with Crippen LogP contribution in [0.2, 0.25) is 0 Å². The average molecular weight is 303 g/mol. The maximum Gasteiger partial charge on any atom is 0.294 e. The van der Waals surface area contributed by atoms with Gasteiger partial charge in [0.05, 0.1) is 9.80 Å². The Balaban J connectivity index is 2.78. The van der Waals surface area contributed by atoms with Crippen LogP contribution >= 0.6 is 0 Å². The van der Waals surface area contributed by atoms with Crippen LogP contribution in [0.3, 0.4) is 0 Å². The van der Waals surface area contributed by atoms with Gasteiger partial charge < -0.3 is 5.41 Å². The molecule has 0 atom stereocenters. The molecule has 0 saturated carbocycles. The van der Waals surface area contributed by atoms with Crippen molar-refractivity contribution in [3.8, 4) is 0 Å². The molecule has 0 saturated heterocycles. The first kappa shape index (κ1) is 13.9. The summed E-state index contributed by atoms with van der Waals surface area (Å²) < 4.78 is 62.5. The van der Waals surface area contributed by atoms with Gasteiger partial charge >= 0.3 is 0 Å². The van der Waals surface area contributed by atoms with E-state index in [1.165, 1.54) is 6.07 Å². The molecule has 0 aliphatic heterocycles. The van der Waals surface area contributed by atoms with Crippen molar-refractivity contribution in [3.63, 3.8) is 0 Å². The van der Waals surface area contributed by atoms with Gasteiger partial charge in [-0.2, -0.15) is 16.8 Å². The van der Waals surface area contributed by atoms with Crippen LogP contribution in [0, 0.1) is 5.41 Å². The number of hydrogen-bond acceptors (Lipinski definition) is 5. The molecule has 7 nitrogen and oxygen atoms in total. The van der Waals surface area contributed by atoms with E-state index >= 15 is 0 Å². The molecule has 0 fully saturated rings. The predicted octanol–water partition coefficient (Wildman–Crippen LogP) is 0.934. The molecule has 0 aromatic heterocycles. The zero-order chi connectivity index (χ0) is 14.4. The van der Waals surface area contributed by atoms with Crippen molar-refractivity contribution in [1.29, 1.82) is 5.41 Å². The standard InChI is InChI=1S/C10H9NO6S2/c11-9-3-4-10(19(15,16)17)8-5-6(18(12,13)14)1-2-7(8)9/h1-2,4-5,11H,3H2,(H,12,13,14)(H,15,16,17). The van der Waals surface area contributed by atoms with Gasteiger partial charge in [0, 0.05) is 23.3 Å².